The fourth-order valence-corrected chi connectivity index (χ4v) is 8.62. The molecule has 0 aromatic heterocycles. The van der Waals surface area contributed by atoms with Gasteiger partial charge < -0.3 is 14.2 Å². The lowest BCUT2D eigenvalue weighted by molar-refractivity contribution is -0.167. The van der Waals surface area contributed by atoms with Crippen molar-refractivity contribution in [3.05, 3.63) is 60.8 Å². The number of carbonyl (C=O) groups excluding carboxylic acids is 3. The maximum atomic E-state index is 12.9. The molecule has 0 bridgehead atoms. The third-order valence-corrected chi connectivity index (χ3v) is 13.2. The van der Waals surface area contributed by atoms with Gasteiger partial charge in [0.1, 0.15) is 13.2 Å². The molecule has 0 aliphatic heterocycles. The van der Waals surface area contributed by atoms with E-state index in [2.05, 4.69) is 81.5 Å². The average molecular weight is 980 g/mol. The van der Waals surface area contributed by atoms with Gasteiger partial charge in [-0.15, -0.1) is 0 Å². The minimum atomic E-state index is -0.786. The predicted octanol–water partition coefficient (Wildman–Crippen LogP) is 20.4. The minimum absolute atomic E-state index is 0.0834. The lowest BCUT2D eigenvalue weighted by atomic mass is 10.1. The van der Waals surface area contributed by atoms with E-state index in [-0.39, 0.29) is 31.1 Å². The van der Waals surface area contributed by atoms with E-state index in [1.807, 2.05) is 0 Å². The van der Waals surface area contributed by atoms with E-state index < -0.39 is 6.10 Å². The highest BCUT2D eigenvalue weighted by Crippen LogP contribution is 2.15. The van der Waals surface area contributed by atoms with E-state index in [4.69, 9.17) is 14.2 Å². The van der Waals surface area contributed by atoms with Crippen LogP contribution in [0.5, 0.6) is 0 Å². The third kappa shape index (κ3) is 56.0. The summed E-state index contributed by atoms with van der Waals surface area (Å²) in [4.78, 5) is 38.2. The molecule has 0 heterocycles. The Kier molecular flexibility index (Phi) is 56.3. The van der Waals surface area contributed by atoms with Gasteiger partial charge in [0.15, 0.2) is 6.10 Å². The molecule has 0 aliphatic rings. The van der Waals surface area contributed by atoms with Crippen molar-refractivity contribution in [1.82, 2.24) is 0 Å². The molecule has 0 rings (SSSR count). The molecule has 0 radical (unpaired) electrons. The fraction of sp³-hybridized carbons (Fsp3) is 0.797. The molecule has 0 fully saturated rings. The van der Waals surface area contributed by atoms with Gasteiger partial charge in [-0.25, -0.2) is 0 Å². The number of hydrogen-bond acceptors (Lipinski definition) is 6. The molecule has 0 saturated heterocycles. The highest BCUT2D eigenvalue weighted by Gasteiger charge is 2.19. The first kappa shape index (κ1) is 67.1. The summed E-state index contributed by atoms with van der Waals surface area (Å²) in [6.45, 7) is 6.61. The number of esters is 3. The summed E-state index contributed by atoms with van der Waals surface area (Å²) in [5, 5.41) is 0. The Balaban J connectivity index is 4.39. The quantitative estimate of drug-likeness (QED) is 0.0261. The smallest absolute Gasteiger partial charge is 0.306 e. The van der Waals surface area contributed by atoms with Crippen LogP contribution in [0.3, 0.4) is 0 Å². The van der Waals surface area contributed by atoms with Crippen molar-refractivity contribution in [3.63, 3.8) is 0 Å². The second-order valence-corrected chi connectivity index (χ2v) is 20.2. The number of carbonyl (C=O) groups is 3. The molecule has 70 heavy (non-hydrogen) atoms. The Labute approximate surface area is 434 Å². The van der Waals surface area contributed by atoms with Crippen LogP contribution in [-0.2, 0) is 28.6 Å². The van der Waals surface area contributed by atoms with Gasteiger partial charge in [-0.05, 0) is 109 Å². The molecule has 0 N–H and O–H groups in total. The second kappa shape index (κ2) is 58.7. The van der Waals surface area contributed by atoms with Crippen LogP contribution in [0.25, 0.3) is 0 Å². The van der Waals surface area contributed by atoms with Crippen LogP contribution >= 0.6 is 0 Å². The molecule has 0 aliphatic carbocycles. The first-order valence-electron chi connectivity index (χ1n) is 30.3. The van der Waals surface area contributed by atoms with Gasteiger partial charge in [0, 0.05) is 19.3 Å². The zero-order valence-corrected chi connectivity index (χ0v) is 46.5. The monoisotopic (exact) mass is 979 g/mol. The highest BCUT2D eigenvalue weighted by molar-refractivity contribution is 5.71. The normalized spacial score (nSPS) is 12.4. The molecule has 0 spiro atoms. The molecule has 406 valence electrons. The molecule has 0 unspecified atom stereocenters. The fourth-order valence-electron chi connectivity index (χ4n) is 8.62. The molecule has 1 atom stereocenters. The van der Waals surface area contributed by atoms with Crippen LogP contribution in [0.4, 0.5) is 0 Å². The maximum Gasteiger partial charge on any atom is 0.306 e. The van der Waals surface area contributed by atoms with Crippen molar-refractivity contribution in [2.75, 3.05) is 13.2 Å². The van der Waals surface area contributed by atoms with Gasteiger partial charge in [-0.3, -0.25) is 14.4 Å². The number of ether oxygens (including phenoxy) is 3. The van der Waals surface area contributed by atoms with Crippen LogP contribution in [0.1, 0.15) is 310 Å². The van der Waals surface area contributed by atoms with Crippen LogP contribution in [0, 0.1) is 0 Å². The first-order chi connectivity index (χ1) is 34.5. The van der Waals surface area contributed by atoms with Gasteiger partial charge in [0.2, 0.25) is 0 Å². The van der Waals surface area contributed by atoms with Gasteiger partial charge in [-0.2, -0.15) is 0 Å². The molecule has 6 heteroatoms. The highest BCUT2D eigenvalue weighted by atomic mass is 16.6. The largest absolute Gasteiger partial charge is 0.462 e. The van der Waals surface area contributed by atoms with Gasteiger partial charge >= 0.3 is 17.9 Å². The van der Waals surface area contributed by atoms with Crippen molar-refractivity contribution in [1.29, 1.82) is 0 Å². The summed E-state index contributed by atoms with van der Waals surface area (Å²) < 4.78 is 16.9. The predicted molar refractivity (Wildman–Crippen MR) is 302 cm³/mol. The van der Waals surface area contributed by atoms with Gasteiger partial charge in [0.05, 0.1) is 0 Å². The summed E-state index contributed by atoms with van der Waals surface area (Å²) in [5.74, 6) is -0.895. The molecule has 0 saturated carbocycles. The lowest BCUT2D eigenvalue weighted by Gasteiger charge is -2.18. The molecule has 0 amide bonds. The Morgan fingerprint density at radius 2 is 0.514 bits per heavy atom. The van der Waals surface area contributed by atoms with E-state index in [1.165, 1.54) is 186 Å². The van der Waals surface area contributed by atoms with E-state index >= 15 is 0 Å². The summed E-state index contributed by atoms with van der Waals surface area (Å²) in [6, 6.07) is 0. The third-order valence-electron chi connectivity index (χ3n) is 13.2. The maximum absolute atomic E-state index is 12.9. The Morgan fingerprint density at radius 1 is 0.286 bits per heavy atom. The van der Waals surface area contributed by atoms with Crippen molar-refractivity contribution in [3.8, 4) is 0 Å². The van der Waals surface area contributed by atoms with Gasteiger partial charge in [-0.1, -0.05) is 242 Å². The molecular weight excluding hydrogens is 865 g/mol. The Bertz CT molecular complexity index is 1260. The summed E-state index contributed by atoms with van der Waals surface area (Å²) in [7, 11) is 0. The van der Waals surface area contributed by atoms with Crippen LogP contribution in [0.2, 0.25) is 0 Å². The van der Waals surface area contributed by atoms with Crippen LogP contribution in [-0.4, -0.2) is 37.2 Å². The summed E-state index contributed by atoms with van der Waals surface area (Å²) >= 11 is 0. The molecule has 0 aromatic carbocycles. The minimum Gasteiger partial charge on any atom is -0.462 e. The van der Waals surface area contributed by atoms with Crippen molar-refractivity contribution >= 4 is 17.9 Å². The summed E-state index contributed by atoms with van der Waals surface area (Å²) in [6.07, 6.45) is 73.5. The van der Waals surface area contributed by atoms with E-state index in [0.717, 1.165) is 83.5 Å². The Hall–Kier alpha value is -2.89. The van der Waals surface area contributed by atoms with Crippen molar-refractivity contribution < 1.29 is 28.6 Å². The van der Waals surface area contributed by atoms with E-state index in [0.29, 0.717) is 19.3 Å². The average Bonchev–Trinajstić information content (AvgIpc) is 3.36. The lowest BCUT2D eigenvalue weighted by Crippen LogP contribution is -2.30. The number of rotatable bonds is 55. The standard InChI is InChI=1S/C64H114O6/c1-4-7-10-13-16-19-22-25-28-30-32-34-36-39-42-45-48-51-54-57-63(66)69-60-61(59-68-62(65)56-53-50-47-44-41-38-27-24-21-18-15-12-9-6-3)70-64(67)58-55-52-49-46-43-40-37-35-33-31-29-26-23-20-17-14-11-8-5-2/h16,19,24-25,27-28,31-34,61H,4-15,17-18,20-23,26,29-30,35-60H2,1-3H3/b19-16-,27-24-,28-25-,33-31-,34-32-/t61-/m1/s1. The number of hydrogen-bond donors (Lipinski definition) is 0. The zero-order chi connectivity index (χ0) is 50.7. The van der Waals surface area contributed by atoms with Crippen molar-refractivity contribution in [2.45, 2.75) is 316 Å². The van der Waals surface area contributed by atoms with Gasteiger partial charge in [0.25, 0.3) is 0 Å². The molecule has 0 aromatic rings. The van der Waals surface area contributed by atoms with Crippen LogP contribution < -0.4 is 0 Å². The van der Waals surface area contributed by atoms with E-state index in [1.54, 1.807) is 0 Å². The Morgan fingerprint density at radius 3 is 0.843 bits per heavy atom. The SMILES string of the molecule is CCCCC/C=C\C/C=C\C/C=C\CCCCCCCCC(=O)OC[C@@H](COC(=O)CCCCCCC/C=C\CCCCCCC)OC(=O)CCCCCCCCC/C=C\CCCCCCCCCC. The summed E-state index contributed by atoms with van der Waals surface area (Å²) in [5.41, 5.74) is 0. The molecular formula is C64H114O6. The number of unbranched alkanes of at least 4 members (excludes halogenated alkanes) is 34. The van der Waals surface area contributed by atoms with Crippen LogP contribution in [0.15, 0.2) is 60.8 Å². The topological polar surface area (TPSA) is 78.9 Å². The molecule has 6 nitrogen and oxygen atoms in total. The first-order valence-corrected chi connectivity index (χ1v) is 30.3. The second-order valence-electron chi connectivity index (χ2n) is 20.2. The van der Waals surface area contributed by atoms with Crippen molar-refractivity contribution in [2.24, 2.45) is 0 Å². The number of allylic oxidation sites excluding steroid dienone is 10. The zero-order valence-electron chi connectivity index (χ0n) is 46.5. The van der Waals surface area contributed by atoms with E-state index in [9.17, 15) is 14.4 Å².